The van der Waals surface area contributed by atoms with Crippen molar-refractivity contribution in [2.75, 3.05) is 0 Å². The molecule has 0 fully saturated rings. The lowest BCUT2D eigenvalue weighted by Gasteiger charge is -1.86. The van der Waals surface area contributed by atoms with E-state index < -0.39 is 6.01 Å². The minimum absolute atomic E-state index is 0.181. The molecule has 0 saturated heterocycles. The van der Waals surface area contributed by atoms with Crippen LogP contribution in [0.2, 0.25) is 10.6 Å². The smallest absolute Gasteiger partial charge is 0.243 e. The van der Waals surface area contributed by atoms with E-state index in [1.807, 2.05) is 0 Å². The van der Waals surface area contributed by atoms with Gasteiger partial charge >= 0.3 is 6.01 Å². The average Bonchev–Trinajstić information content (AvgIpc) is 1.59. The molecule has 0 aliphatic heterocycles. The van der Waals surface area contributed by atoms with Gasteiger partial charge in [0.1, 0.15) is 0 Å². The van der Waals surface area contributed by atoms with E-state index in [1.54, 1.807) is 0 Å². The van der Waals surface area contributed by atoms with Crippen molar-refractivity contribution in [2.24, 2.45) is 0 Å². The summed E-state index contributed by atoms with van der Waals surface area (Å²) in [5.74, 6) is 0. The van der Waals surface area contributed by atoms with Gasteiger partial charge in [-0.15, -0.1) is 0 Å². The molecule has 1 aromatic heterocycles. The molecular weight excluding hydrogens is 165 g/mol. The fourth-order valence-electron chi connectivity index (χ4n) is 0.309. The quantitative estimate of drug-likeness (QED) is 0.582. The normalized spacial score (nSPS) is 9.56. The van der Waals surface area contributed by atoms with Crippen LogP contribution in [-0.4, -0.2) is 15.0 Å². The van der Waals surface area contributed by atoms with Crippen molar-refractivity contribution in [3.05, 3.63) is 10.6 Å². The van der Waals surface area contributed by atoms with Gasteiger partial charge in [-0.1, -0.05) is 0 Å². The van der Waals surface area contributed by atoms with Crippen molar-refractivity contribution < 1.29 is 5.11 Å². The first kappa shape index (κ1) is 6.51. The van der Waals surface area contributed by atoms with Crippen LogP contribution in [0.1, 0.15) is 0 Å². The maximum absolute atomic E-state index is 10.3. The Kier molecular flexibility index (Phi) is 1.68. The topological polar surface area (TPSA) is 58.6 Å². The van der Waals surface area contributed by atoms with Crippen LogP contribution in [-0.2, 0) is 5.11 Å². The van der Waals surface area contributed by atoms with Crippen LogP contribution in [0.25, 0.3) is 0 Å². The van der Waals surface area contributed by atoms with E-state index in [0.717, 1.165) is 0 Å². The molecule has 1 rings (SSSR count). The molecule has 9 heavy (non-hydrogen) atoms. The molecule has 0 aliphatic rings. The second-order valence-corrected chi connectivity index (χ2v) is 1.83. The van der Waals surface area contributed by atoms with Gasteiger partial charge in [0, 0.05) is 0 Å². The fraction of sp³-hybridized carbons (Fsp3) is 0. The summed E-state index contributed by atoms with van der Waals surface area (Å²) >= 11 is 10.4. The predicted molar refractivity (Wildman–Crippen MR) is 30.0 cm³/mol. The van der Waals surface area contributed by atoms with E-state index in [2.05, 4.69) is 15.0 Å². The van der Waals surface area contributed by atoms with E-state index in [-0.39, 0.29) is 10.6 Å². The molecule has 1 heterocycles. The molecule has 0 bridgehead atoms. The largest absolute Gasteiger partial charge is 0.372 e. The monoisotopic (exact) mass is 164 g/mol. The summed E-state index contributed by atoms with van der Waals surface area (Å²) in [4.78, 5) is 9.62. The molecule has 4 nitrogen and oxygen atoms in total. The van der Waals surface area contributed by atoms with Crippen molar-refractivity contribution in [2.45, 2.75) is 0 Å². The first-order chi connectivity index (χ1) is 4.18. The highest BCUT2D eigenvalue weighted by atomic mass is 35.5. The number of nitrogens with zero attached hydrogens (tertiary/aromatic N) is 3. The van der Waals surface area contributed by atoms with Gasteiger partial charge in [-0.05, 0) is 23.2 Å². The van der Waals surface area contributed by atoms with Gasteiger partial charge in [-0.2, -0.15) is 15.0 Å². The third-order valence-corrected chi connectivity index (χ3v) is 0.898. The Balaban J connectivity index is 3.17. The molecule has 1 radical (unpaired) electrons. The summed E-state index contributed by atoms with van der Waals surface area (Å²) in [6.07, 6.45) is 0. The van der Waals surface area contributed by atoms with Gasteiger partial charge in [-0.3, -0.25) is 0 Å². The van der Waals surface area contributed by atoms with Gasteiger partial charge in [0.25, 0.3) is 0 Å². The van der Waals surface area contributed by atoms with Crippen LogP contribution in [0.15, 0.2) is 0 Å². The molecule has 0 saturated carbocycles. The molecule has 1 aromatic rings. The summed E-state index contributed by atoms with van der Waals surface area (Å²) in [5, 5.41) is 9.92. The first-order valence-electron chi connectivity index (χ1n) is 1.92. The molecule has 0 aliphatic carbocycles. The number of hydrogen-bond acceptors (Lipinski definition) is 3. The van der Waals surface area contributed by atoms with Gasteiger partial charge in [-0.25, -0.2) is 5.11 Å². The second kappa shape index (κ2) is 2.33. The van der Waals surface area contributed by atoms with E-state index in [0.29, 0.717) is 0 Å². The zero-order valence-corrected chi connectivity index (χ0v) is 5.52. The molecule has 0 N–H and O–H groups in total. The lowest BCUT2D eigenvalue weighted by Crippen LogP contribution is -1.85. The fourth-order valence-corrected chi connectivity index (χ4v) is 0.657. The molecule has 0 atom stereocenters. The maximum atomic E-state index is 10.3. The number of halogens is 2. The summed E-state index contributed by atoms with van der Waals surface area (Å²) in [7, 11) is 0. The van der Waals surface area contributed by atoms with Crippen molar-refractivity contribution in [1.29, 1.82) is 0 Å². The number of aromatic nitrogens is 3. The van der Waals surface area contributed by atoms with Gasteiger partial charge < -0.3 is 0 Å². The lowest BCUT2D eigenvalue weighted by atomic mass is 11.0. The van der Waals surface area contributed by atoms with E-state index in [9.17, 15) is 5.11 Å². The molecule has 0 amide bonds. The summed E-state index contributed by atoms with van der Waals surface area (Å²) < 4.78 is 0. The zero-order valence-electron chi connectivity index (χ0n) is 4.01. The Morgan fingerprint density at radius 2 is 1.44 bits per heavy atom. The van der Waals surface area contributed by atoms with Gasteiger partial charge in [0.2, 0.25) is 10.6 Å². The van der Waals surface area contributed by atoms with Crippen LogP contribution in [0.5, 0.6) is 6.01 Å². The van der Waals surface area contributed by atoms with Crippen LogP contribution in [0, 0.1) is 0 Å². The predicted octanol–water partition coefficient (Wildman–Crippen LogP) is 1.32. The summed E-state index contributed by atoms with van der Waals surface area (Å²) in [5.41, 5.74) is 0. The second-order valence-electron chi connectivity index (χ2n) is 1.16. The highest BCUT2D eigenvalue weighted by Gasteiger charge is 2.00. The van der Waals surface area contributed by atoms with Crippen molar-refractivity contribution in [3.63, 3.8) is 0 Å². The maximum Gasteiger partial charge on any atom is 0.372 e. The van der Waals surface area contributed by atoms with Crippen molar-refractivity contribution in [3.8, 4) is 6.01 Å². The molecular formula is C3Cl2N3O. The van der Waals surface area contributed by atoms with Crippen LogP contribution in [0.4, 0.5) is 0 Å². The van der Waals surface area contributed by atoms with E-state index in [1.165, 1.54) is 0 Å². The summed E-state index contributed by atoms with van der Waals surface area (Å²) in [6, 6.07) is -0.722. The Hall–Kier alpha value is -0.610. The van der Waals surface area contributed by atoms with Gasteiger partial charge in [0.15, 0.2) is 0 Å². The minimum atomic E-state index is -0.722. The minimum Gasteiger partial charge on any atom is -0.243 e. The third kappa shape index (κ3) is 1.65. The first-order valence-corrected chi connectivity index (χ1v) is 2.68. The lowest BCUT2D eigenvalue weighted by molar-refractivity contribution is 0.317. The van der Waals surface area contributed by atoms with Crippen LogP contribution in [0.3, 0.4) is 0 Å². The average molecular weight is 165 g/mol. The SMILES string of the molecule is [O]c1nc(Cl)nc(Cl)n1. The molecule has 0 aromatic carbocycles. The van der Waals surface area contributed by atoms with E-state index >= 15 is 0 Å². The van der Waals surface area contributed by atoms with Gasteiger partial charge in [0.05, 0.1) is 0 Å². The van der Waals surface area contributed by atoms with Crippen LogP contribution >= 0.6 is 23.2 Å². The Bertz CT molecular complexity index is 178. The highest BCUT2D eigenvalue weighted by Crippen LogP contribution is 2.09. The van der Waals surface area contributed by atoms with Crippen molar-refractivity contribution in [1.82, 2.24) is 15.0 Å². The number of hydrogen-bond donors (Lipinski definition) is 0. The number of rotatable bonds is 0. The molecule has 0 spiro atoms. The van der Waals surface area contributed by atoms with E-state index in [4.69, 9.17) is 23.2 Å². The Morgan fingerprint density at radius 1 is 1.00 bits per heavy atom. The third-order valence-electron chi connectivity index (χ3n) is 0.560. The highest BCUT2D eigenvalue weighted by molar-refractivity contribution is 6.31. The zero-order chi connectivity index (χ0) is 6.85. The molecule has 6 heteroatoms. The Labute approximate surface area is 60.5 Å². The summed E-state index contributed by atoms with van der Waals surface area (Å²) in [6.45, 7) is 0. The molecule has 0 unspecified atom stereocenters. The van der Waals surface area contributed by atoms with Crippen LogP contribution < -0.4 is 0 Å². The Morgan fingerprint density at radius 3 is 1.78 bits per heavy atom. The molecule has 47 valence electrons. The van der Waals surface area contributed by atoms with Crippen molar-refractivity contribution >= 4 is 23.2 Å². The standard InChI is InChI=1S/C3Cl2N3O/c4-1-6-2(5)8-3(9)7-1.